The van der Waals surface area contributed by atoms with Crippen molar-refractivity contribution in [3.8, 4) is 5.75 Å². The average molecular weight is 275 g/mol. The number of aryl methyl sites for hydroxylation is 1. The van der Waals surface area contributed by atoms with Gasteiger partial charge in [-0.05, 0) is 58.7 Å². The fraction of sp³-hybridized carbons (Fsp3) is 0.333. The monoisotopic (exact) mass is 275 g/mol. The predicted molar refractivity (Wildman–Crippen MR) is 56.1 cm³/mol. The maximum Gasteiger partial charge on any atom is 0.116 e. The Morgan fingerprint density at radius 3 is 3.00 bits per heavy atom. The number of benzene rings is 1. The van der Waals surface area contributed by atoms with E-state index in [0.717, 1.165) is 16.4 Å². The second-order valence-electron chi connectivity index (χ2n) is 3.15. The minimum atomic E-state index is 0.174. The number of fused-ring (bicyclic) bond motifs is 1. The molecule has 0 heterocycles. The van der Waals surface area contributed by atoms with Gasteiger partial charge in [0, 0.05) is 9.61 Å². The van der Waals surface area contributed by atoms with Gasteiger partial charge in [-0.15, -0.1) is 0 Å². The first kappa shape index (κ1) is 8.31. The Bertz CT molecular complexity index is 325. The second-order valence-corrected chi connectivity index (χ2v) is 4.31. The average Bonchev–Trinajstić information content (AvgIpc) is 2.31. The zero-order valence-electron chi connectivity index (χ0n) is 6.55. The molecule has 1 aliphatic rings. The number of nitrogens with two attached hydrogens (primary N) is 1. The molecule has 0 amide bonds. The summed E-state index contributed by atoms with van der Waals surface area (Å²) < 4.78 is 1.09. The SMILES string of the molecule is N[C@@H]1CCc2cc(O)cc(I)c21. The number of hydrogen-bond donors (Lipinski definition) is 2. The molecule has 3 heteroatoms. The maximum absolute atomic E-state index is 9.32. The van der Waals surface area contributed by atoms with Crippen LogP contribution in [0, 0.1) is 3.57 Å². The van der Waals surface area contributed by atoms with E-state index in [1.807, 2.05) is 6.07 Å². The van der Waals surface area contributed by atoms with E-state index in [1.165, 1.54) is 11.1 Å². The summed E-state index contributed by atoms with van der Waals surface area (Å²) in [7, 11) is 0. The molecule has 0 fully saturated rings. The molecule has 0 saturated carbocycles. The smallest absolute Gasteiger partial charge is 0.116 e. The van der Waals surface area contributed by atoms with Crippen molar-refractivity contribution in [2.45, 2.75) is 18.9 Å². The van der Waals surface area contributed by atoms with Crippen LogP contribution in [-0.4, -0.2) is 5.11 Å². The number of rotatable bonds is 0. The highest BCUT2D eigenvalue weighted by molar-refractivity contribution is 14.1. The van der Waals surface area contributed by atoms with Gasteiger partial charge in [-0.1, -0.05) is 0 Å². The van der Waals surface area contributed by atoms with Crippen molar-refractivity contribution in [2.75, 3.05) is 0 Å². The summed E-state index contributed by atoms with van der Waals surface area (Å²) in [4.78, 5) is 0. The van der Waals surface area contributed by atoms with Crippen molar-refractivity contribution in [3.63, 3.8) is 0 Å². The molecule has 2 rings (SSSR count). The maximum atomic E-state index is 9.32. The van der Waals surface area contributed by atoms with Crippen LogP contribution in [0.2, 0.25) is 0 Å². The molecule has 0 bridgehead atoms. The van der Waals surface area contributed by atoms with Crippen LogP contribution in [0.25, 0.3) is 0 Å². The van der Waals surface area contributed by atoms with Crippen LogP contribution in [-0.2, 0) is 6.42 Å². The van der Waals surface area contributed by atoms with Gasteiger partial charge in [-0.25, -0.2) is 0 Å². The van der Waals surface area contributed by atoms with E-state index in [2.05, 4.69) is 22.6 Å². The Kier molecular flexibility index (Phi) is 2.00. The van der Waals surface area contributed by atoms with Crippen LogP contribution in [0.1, 0.15) is 23.6 Å². The van der Waals surface area contributed by atoms with Gasteiger partial charge in [-0.3, -0.25) is 0 Å². The molecule has 1 aromatic carbocycles. The zero-order valence-corrected chi connectivity index (χ0v) is 8.71. The number of phenols is 1. The third-order valence-corrected chi connectivity index (χ3v) is 3.19. The first-order chi connectivity index (χ1) is 5.68. The minimum Gasteiger partial charge on any atom is -0.508 e. The summed E-state index contributed by atoms with van der Waals surface area (Å²) in [6.45, 7) is 0. The van der Waals surface area contributed by atoms with E-state index in [1.54, 1.807) is 6.07 Å². The summed E-state index contributed by atoms with van der Waals surface area (Å²) in [5.74, 6) is 0.354. The largest absolute Gasteiger partial charge is 0.508 e. The van der Waals surface area contributed by atoms with Crippen molar-refractivity contribution in [1.29, 1.82) is 0 Å². The van der Waals surface area contributed by atoms with Gasteiger partial charge < -0.3 is 10.8 Å². The zero-order chi connectivity index (χ0) is 8.72. The van der Waals surface area contributed by atoms with Crippen LogP contribution in [0.5, 0.6) is 5.75 Å². The lowest BCUT2D eigenvalue weighted by atomic mass is 10.1. The van der Waals surface area contributed by atoms with Gasteiger partial charge in [0.05, 0.1) is 0 Å². The molecule has 64 valence electrons. The van der Waals surface area contributed by atoms with Crippen LogP contribution >= 0.6 is 22.6 Å². The Labute approximate surface area is 84.9 Å². The van der Waals surface area contributed by atoms with Crippen LogP contribution in [0.3, 0.4) is 0 Å². The van der Waals surface area contributed by atoms with E-state index in [4.69, 9.17) is 5.73 Å². The summed E-state index contributed by atoms with van der Waals surface area (Å²) in [5.41, 5.74) is 8.36. The van der Waals surface area contributed by atoms with E-state index < -0.39 is 0 Å². The number of hydrogen-bond acceptors (Lipinski definition) is 2. The Morgan fingerprint density at radius 2 is 2.25 bits per heavy atom. The molecule has 1 atom stereocenters. The summed E-state index contributed by atoms with van der Waals surface area (Å²) in [5, 5.41) is 9.32. The molecule has 1 aromatic rings. The predicted octanol–water partition coefficient (Wildman–Crippen LogP) is 1.94. The molecular formula is C9H10INO. The molecule has 0 aromatic heterocycles. The summed E-state index contributed by atoms with van der Waals surface area (Å²) >= 11 is 2.23. The van der Waals surface area contributed by atoms with E-state index in [-0.39, 0.29) is 6.04 Å². The van der Waals surface area contributed by atoms with Gasteiger partial charge >= 0.3 is 0 Å². The molecule has 0 radical (unpaired) electrons. The first-order valence-corrected chi connectivity index (χ1v) is 5.03. The van der Waals surface area contributed by atoms with Gasteiger partial charge in [0.2, 0.25) is 0 Å². The second kappa shape index (κ2) is 2.88. The highest BCUT2D eigenvalue weighted by atomic mass is 127. The van der Waals surface area contributed by atoms with Crippen molar-refractivity contribution in [2.24, 2.45) is 5.73 Å². The van der Waals surface area contributed by atoms with Crippen LogP contribution < -0.4 is 5.73 Å². The fourth-order valence-electron chi connectivity index (χ4n) is 1.74. The number of phenolic OH excluding ortho intramolecular Hbond substituents is 1. The summed E-state index contributed by atoms with van der Waals surface area (Å²) in [6, 6.07) is 3.77. The highest BCUT2D eigenvalue weighted by Gasteiger charge is 2.21. The highest BCUT2D eigenvalue weighted by Crippen LogP contribution is 2.35. The molecule has 0 aliphatic heterocycles. The molecular weight excluding hydrogens is 265 g/mol. The molecule has 2 nitrogen and oxygen atoms in total. The Hall–Kier alpha value is -0.290. The van der Waals surface area contributed by atoms with Crippen LogP contribution in [0.4, 0.5) is 0 Å². The van der Waals surface area contributed by atoms with E-state index in [9.17, 15) is 5.11 Å². The van der Waals surface area contributed by atoms with Crippen molar-refractivity contribution in [1.82, 2.24) is 0 Å². The van der Waals surface area contributed by atoms with Gasteiger partial charge in [0.1, 0.15) is 5.75 Å². The minimum absolute atomic E-state index is 0.174. The van der Waals surface area contributed by atoms with Crippen LogP contribution in [0.15, 0.2) is 12.1 Å². The third-order valence-electron chi connectivity index (χ3n) is 2.30. The number of aromatic hydroxyl groups is 1. The van der Waals surface area contributed by atoms with Gasteiger partial charge in [0.25, 0.3) is 0 Å². The number of halogens is 1. The quantitative estimate of drug-likeness (QED) is 0.711. The Balaban J connectivity index is 2.60. The lowest BCUT2D eigenvalue weighted by Crippen LogP contribution is -2.06. The third kappa shape index (κ3) is 1.21. The fourth-order valence-corrected chi connectivity index (χ4v) is 2.80. The van der Waals surface area contributed by atoms with E-state index in [0.29, 0.717) is 5.75 Å². The van der Waals surface area contributed by atoms with Crippen molar-refractivity contribution in [3.05, 3.63) is 26.8 Å². The van der Waals surface area contributed by atoms with Gasteiger partial charge in [0.15, 0.2) is 0 Å². The summed E-state index contributed by atoms with van der Waals surface area (Å²) in [6.07, 6.45) is 2.01. The molecule has 0 saturated heterocycles. The molecule has 0 unspecified atom stereocenters. The molecule has 1 aliphatic carbocycles. The topological polar surface area (TPSA) is 46.2 Å². The molecule has 0 spiro atoms. The first-order valence-electron chi connectivity index (χ1n) is 3.95. The van der Waals surface area contributed by atoms with Crippen molar-refractivity contribution < 1.29 is 5.11 Å². The van der Waals surface area contributed by atoms with E-state index >= 15 is 0 Å². The molecule has 3 N–H and O–H groups in total. The molecule has 12 heavy (non-hydrogen) atoms. The lowest BCUT2D eigenvalue weighted by molar-refractivity contribution is 0.474. The van der Waals surface area contributed by atoms with Gasteiger partial charge in [-0.2, -0.15) is 0 Å². The Morgan fingerprint density at radius 1 is 1.50 bits per heavy atom. The van der Waals surface area contributed by atoms with Crippen molar-refractivity contribution >= 4 is 22.6 Å². The standard InChI is InChI=1S/C9H10INO/c10-7-4-6(12)3-5-1-2-8(11)9(5)7/h3-4,8,12H,1-2,11H2/t8-/m1/s1. The lowest BCUT2D eigenvalue weighted by Gasteiger charge is -2.07. The normalized spacial score (nSPS) is 21.0.